The second-order valence-corrected chi connectivity index (χ2v) is 4.73. The lowest BCUT2D eigenvalue weighted by molar-refractivity contribution is -0.137. The Morgan fingerprint density at radius 1 is 1.37 bits per heavy atom. The fraction of sp³-hybridized carbons (Fsp3) is 0.462. The molecular weight excluding hydrogens is 257 g/mol. The van der Waals surface area contributed by atoms with Crippen LogP contribution in [0.3, 0.4) is 0 Å². The fourth-order valence-corrected chi connectivity index (χ4v) is 2.21. The van der Waals surface area contributed by atoms with E-state index in [-0.39, 0.29) is 17.5 Å². The Balaban J connectivity index is 2.19. The summed E-state index contributed by atoms with van der Waals surface area (Å²) in [5, 5.41) is 0. The first-order valence-electron chi connectivity index (χ1n) is 6.10. The summed E-state index contributed by atoms with van der Waals surface area (Å²) in [6, 6.07) is 4.40. The van der Waals surface area contributed by atoms with Gasteiger partial charge in [0.15, 0.2) is 0 Å². The van der Waals surface area contributed by atoms with Crippen LogP contribution in [0, 0.1) is 0 Å². The van der Waals surface area contributed by atoms with Gasteiger partial charge in [0.05, 0.1) is 5.56 Å². The third kappa shape index (κ3) is 3.26. The molecule has 0 spiro atoms. The molecule has 3 nitrogen and oxygen atoms in total. The molecule has 1 amide bonds. The summed E-state index contributed by atoms with van der Waals surface area (Å²) in [7, 11) is 0. The maximum absolute atomic E-state index is 12.6. The Labute approximate surface area is 109 Å². The van der Waals surface area contributed by atoms with Gasteiger partial charge in [-0.3, -0.25) is 4.79 Å². The maximum atomic E-state index is 12.6. The summed E-state index contributed by atoms with van der Waals surface area (Å²) in [6.07, 6.45) is -2.81. The summed E-state index contributed by atoms with van der Waals surface area (Å²) in [5.41, 5.74) is 5.02. The Bertz CT molecular complexity index is 473. The van der Waals surface area contributed by atoms with E-state index in [9.17, 15) is 18.0 Å². The first kappa shape index (κ1) is 13.9. The predicted molar refractivity (Wildman–Crippen MR) is 64.6 cm³/mol. The van der Waals surface area contributed by atoms with Gasteiger partial charge in [0.25, 0.3) is 5.91 Å². The number of halogens is 3. The number of alkyl halides is 3. The van der Waals surface area contributed by atoms with Crippen molar-refractivity contribution in [3.05, 3.63) is 35.4 Å². The smallest absolute Gasteiger partial charge is 0.337 e. The van der Waals surface area contributed by atoms with E-state index in [0.717, 1.165) is 25.0 Å². The minimum absolute atomic E-state index is 0.0592. The molecule has 1 atom stereocenters. The normalized spacial score (nSPS) is 20.4. The molecule has 19 heavy (non-hydrogen) atoms. The molecule has 0 bridgehead atoms. The van der Waals surface area contributed by atoms with Crippen LogP contribution < -0.4 is 5.73 Å². The Kier molecular flexibility index (Phi) is 3.80. The minimum atomic E-state index is -4.44. The SMILES string of the molecule is N[C@@H]1CCCN(C(=O)c2cccc(C(F)(F)F)c2)C1. The van der Waals surface area contributed by atoms with Crippen molar-refractivity contribution in [2.24, 2.45) is 5.73 Å². The third-order valence-electron chi connectivity index (χ3n) is 3.18. The molecule has 0 saturated carbocycles. The van der Waals surface area contributed by atoms with Gasteiger partial charge in [0.1, 0.15) is 0 Å². The highest BCUT2D eigenvalue weighted by Gasteiger charge is 2.31. The molecule has 1 fully saturated rings. The van der Waals surface area contributed by atoms with Gasteiger partial charge in [-0.2, -0.15) is 13.2 Å². The third-order valence-corrected chi connectivity index (χ3v) is 3.18. The largest absolute Gasteiger partial charge is 0.416 e. The van der Waals surface area contributed by atoms with Gasteiger partial charge < -0.3 is 10.6 Å². The van der Waals surface area contributed by atoms with E-state index < -0.39 is 11.7 Å². The van der Waals surface area contributed by atoms with Crippen LogP contribution in [-0.2, 0) is 6.18 Å². The van der Waals surface area contributed by atoms with E-state index in [0.29, 0.717) is 13.1 Å². The molecule has 6 heteroatoms. The minimum Gasteiger partial charge on any atom is -0.337 e. The van der Waals surface area contributed by atoms with E-state index in [2.05, 4.69) is 0 Å². The number of nitrogens with two attached hydrogens (primary N) is 1. The zero-order valence-electron chi connectivity index (χ0n) is 10.3. The molecular formula is C13H15F3N2O. The van der Waals surface area contributed by atoms with Crippen LogP contribution in [0.1, 0.15) is 28.8 Å². The van der Waals surface area contributed by atoms with Crippen molar-refractivity contribution in [3.63, 3.8) is 0 Å². The average Bonchev–Trinajstić information content (AvgIpc) is 2.37. The first-order chi connectivity index (χ1) is 8.88. The number of amides is 1. The van der Waals surface area contributed by atoms with Crippen LogP contribution in [0.5, 0.6) is 0 Å². The lowest BCUT2D eigenvalue weighted by Gasteiger charge is -2.30. The Hall–Kier alpha value is -1.56. The summed E-state index contributed by atoms with van der Waals surface area (Å²) < 4.78 is 37.8. The lowest BCUT2D eigenvalue weighted by atomic mass is 10.0. The van der Waals surface area contributed by atoms with Crippen LogP contribution in [0.2, 0.25) is 0 Å². The summed E-state index contributed by atoms with van der Waals surface area (Å²) in [5.74, 6) is -0.388. The van der Waals surface area contributed by atoms with E-state index in [1.165, 1.54) is 17.0 Å². The molecule has 0 aromatic heterocycles. The first-order valence-corrected chi connectivity index (χ1v) is 6.10. The van der Waals surface area contributed by atoms with Gasteiger partial charge in [-0.15, -0.1) is 0 Å². The molecule has 1 aliphatic rings. The molecule has 0 radical (unpaired) electrons. The van der Waals surface area contributed by atoms with Crippen LogP contribution >= 0.6 is 0 Å². The number of carbonyl (C=O) groups excluding carboxylic acids is 1. The molecule has 2 rings (SSSR count). The van der Waals surface area contributed by atoms with Crippen molar-refractivity contribution in [2.75, 3.05) is 13.1 Å². The molecule has 1 saturated heterocycles. The van der Waals surface area contributed by atoms with Crippen molar-refractivity contribution in [2.45, 2.75) is 25.1 Å². The highest BCUT2D eigenvalue weighted by atomic mass is 19.4. The van der Waals surface area contributed by atoms with E-state index in [1.807, 2.05) is 0 Å². The van der Waals surface area contributed by atoms with Gasteiger partial charge in [-0.05, 0) is 31.0 Å². The van der Waals surface area contributed by atoms with Gasteiger partial charge >= 0.3 is 6.18 Å². The second kappa shape index (κ2) is 5.21. The average molecular weight is 272 g/mol. The van der Waals surface area contributed by atoms with Gasteiger partial charge in [-0.25, -0.2) is 0 Å². The molecule has 1 aliphatic heterocycles. The van der Waals surface area contributed by atoms with Crippen molar-refractivity contribution < 1.29 is 18.0 Å². The van der Waals surface area contributed by atoms with Gasteiger partial charge in [-0.1, -0.05) is 6.07 Å². The molecule has 0 unspecified atom stereocenters. The number of carbonyl (C=O) groups is 1. The summed E-state index contributed by atoms with van der Waals surface area (Å²) >= 11 is 0. The quantitative estimate of drug-likeness (QED) is 0.852. The van der Waals surface area contributed by atoms with Gasteiger partial charge in [0.2, 0.25) is 0 Å². The summed E-state index contributed by atoms with van der Waals surface area (Å²) in [6.45, 7) is 0.942. The number of benzene rings is 1. The summed E-state index contributed by atoms with van der Waals surface area (Å²) in [4.78, 5) is 13.6. The lowest BCUT2D eigenvalue weighted by Crippen LogP contribution is -2.45. The Morgan fingerprint density at radius 2 is 2.11 bits per heavy atom. The number of likely N-dealkylation sites (tertiary alicyclic amines) is 1. The van der Waals surface area contributed by atoms with Gasteiger partial charge in [0, 0.05) is 24.7 Å². The maximum Gasteiger partial charge on any atom is 0.416 e. The number of hydrogen-bond acceptors (Lipinski definition) is 2. The number of piperidine rings is 1. The topological polar surface area (TPSA) is 46.3 Å². The van der Waals surface area contributed by atoms with E-state index in [1.54, 1.807) is 0 Å². The fourth-order valence-electron chi connectivity index (χ4n) is 2.21. The van der Waals surface area contributed by atoms with Crippen LogP contribution in [0.25, 0.3) is 0 Å². The zero-order chi connectivity index (χ0) is 14.0. The van der Waals surface area contributed by atoms with Crippen LogP contribution in [-0.4, -0.2) is 29.9 Å². The number of nitrogens with zero attached hydrogens (tertiary/aromatic N) is 1. The van der Waals surface area contributed by atoms with Crippen molar-refractivity contribution in [3.8, 4) is 0 Å². The van der Waals surface area contributed by atoms with Crippen molar-refractivity contribution >= 4 is 5.91 Å². The second-order valence-electron chi connectivity index (χ2n) is 4.73. The molecule has 1 aromatic rings. The van der Waals surface area contributed by atoms with E-state index in [4.69, 9.17) is 5.73 Å². The van der Waals surface area contributed by atoms with E-state index >= 15 is 0 Å². The van der Waals surface area contributed by atoms with Crippen molar-refractivity contribution in [1.29, 1.82) is 0 Å². The van der Waals surface area contributed by atoms with Crippen LogP contribution in [0.15, 0.2) is 24.3 Å². The molecule has 1 aromatic carbocycles. The number of rotatable bonds is 1. The standard InChI is InChI=1S/C13H15F3N2O/c14-13(15,16)10-4-1-3-9(7-10)12(19)18-6-2-5-11(17)8-18/h1,3-4,7,11H,2,5-6,8,17H2/t11-/m1/s1. The number of hydrogen-bond donors (Lipinski definition) is 1. The Morgan fingerprint density at radius 3 is 2.74 bits per heavy atom. The van der Waals surface area contributed by atoms with Crippen molar-refractivity contribution in [1.82, 2.24) is 4.90 Å². The molecule has 2 N–H and O–H groups in total. The monoisotopic (exact) mass is 272 g/mol. The predicted octanol–water partition coefficient (Wildman–Crippen LogP) is 2.27. The highest BCUT2D eigenvalue weighted by molar-refractivity contribution is 5.94. The molecule has 104 valence electrons. The zero-order valence-corrected chi connectivity index (χ0v) is 10.3. The highest BCUT2D eigenvalue weighted by Crippen LogP contribution is 2.29. The van der Waals surface area contributed by atoms with Crippen LogP contribution in [0.4, 0.5) is 13.2 Å². The molecule has 0 aliphatic carbocycles. The molecule has 1 heterocycles.